The Bertz CT molecular complexity index is 1290. The number of nitrogens with one attached hydrogen (secondary N) is 1. The maximum Gasteiger partial charge on any atom is 0.257 e. The molecule has 0 atom stereocenters. The number of imidazole rings is 1. The summed E-state index contributed by atoms with van der Waals surface area (Å²) in [4.78, 5) is 32.8. The Morgan fingerprint density at radius 1 is 1.13 bits per heavy atom. The lowest BCUT2D eigenvalue weighted by Crippen LogP contribution is -2.35. The summed E-state index contributed by atoms with van der Waals surface area (Å²) in [5, 5.41) is 3.40. The highest BCUT2D eigenvalue weighted by atomic mass is 16.5. The summed E-state index contributed by atoms with van der Waals surface area (Å²) < 4.78 is 7.19. The molecule has 1 aliphatic heterocycles. The number of nitrogens with zero attached hydrogens (tertiary/aromatic N) is 3. The second-order valence-corrected chi connectivity index (χ2v) is 8.09. The van der Waals surface area contributed by atoms with Gasteiger partial charge in [-0.2, -0.15) is 0 Å². The topological polar surface area (TPSA) is 75.9 Å². The molecule has 0 radical (unpaired) electrons. The van der Waals surface area contributed by atoms with Crippen LogP contribution in [0.25, 0.3) is 16.4 Å². The lowest BCUT2D eigenvalue weighted by molar-refractivity contribution is 0.0342. The van der Waals surface area contributed by atoms with E-state index in [0.29, 0.717) is 11.9 Å². The number of morpholine rings is 1. The highest BCUT2D eigenvalue weighted by Gasteiger charge is 2.19. The number of hydrogen-bond acceptors (Lipinski definition) is 5. The molecule has 0 saturated carbocycles. The number of carbonyl (C=O) groups is 1. The number of hydrogen-bond donors (Lipinski definition) is 1. The van der Waals surface area contributed by atoms with Gasteiger partial charge in [-0.15, -0.1) is 0 Å². The van der Waals surface area contributed by atoms with Crippen LogP contribution in [0.3, 0.4) is 0 Å². The zero-order valence-electron chi connectivity index (χ0n) is 17.4. The van der Waals surface area contributed by atoms with E-state index in [-0.39, 0.29) is 16.9 Å². The molecule has 1 amide bonds. The molecule has 1 N–H and O–H groups in total. The van der Waals surface area contributed by atoms with Crippen molar-refractivity contribution in [2.75, 3.05) is 26.3 Å². The van der Waals surface area contributed by atoms with E-state index in [1.165, 1.54) is 0 Å². The monoisotopic (exact) mass is 416 g/mol. The number of rotatable bonds is 5. The first kappa shape index (κ1) is 19.7. The summed E-state index contributed by atoms with van der Waals surface area (Å²) in [5.74, 6) is -0.378. The van der Waals surface area contributed by atoms with Gasteiger partial charge in [0.25, 0.3) is 5.91 Å². The van der Waals surface area contributed by atoms with Gasteiger partial charge in [-0.3, -0.25) is 14.5 Å². The summed E-state index contributed by atoms with van der Waals surface area (Å²) in [6, 6.07) is 11.9. The van der Waals surface area contributed by atoms with Gasteiger partial charge in [-0.1, -0.05) is 29.8 Å². The van der Waals surface area contributed by atoms with E-state index < -0.39 is 0 Å². The molecular weight excluding hydrogens is 392 g/mol. The van der Waals surface area contributed by atoms with Crippen LogP contribution in [0.15, 0.2) is 53.7 Å². The van der Waals surface area contributed by atoms with E-state index >= 15 is 0 Å². The molecule has 5 rings (SSSR count). The summed E-state index contributed by atoms with van der Waals surface area (Å²) in [7, 11) is 0. The van der Waals surface area contributed by atoms with Crippen molar-refractivity contribution in [3.05, 3.63) is 81.4 Å². The van der Waals surface area contributed by atoms with E-state index in [2.05, 4.69) is 15.2 Å². The minimum Gasteiger partial charge on any atom is -0.379 e. The van der Waals surface area contributed by atoms with Gasteiger partial charge in [0, 0.05) is 37.8 Å². The highest BCUT2D eigenvalue weighted by Crippen LogP contribution is 2.22. The number of ether oxygens (including phenoxy) is 1. The van der Waals surface area contributed by atoms with Gasteiger partial charge in [0.1, 0.15) is 5.56 Å². The lowest BCUT2D eigenvalue weighted by atomic mass is 10.1. The second-order valence-electron chi connectivity index (χ2n) is 8.09. The third-order valence-corrected chi connectivity index (χ3v) is 5.81. The van der Waals surface area contributed by atoms with Gasteiger partial charge in [0.2, 0.25) is 5.43 Å². The Morgan fingerprint density at radius 3 is 2.68 bits per heavy atom. The van der Waals surface area contributed by atoms with Crippen molar-refractivity contribution in [2.24, 2.45) is 0 Å². The smallest absolute Gasteiger partial charge is 0.257 e. The molecule has 7 heteroatoms. The molecule has 4 aromatic rings. The molecule has 158 valence electrons. The van der Waals surface area contributed by atoms with Crippen LogP contribution in [0.1, 0.15) is 27.0 Å². The molecule has 0 bridgehead atoms. The van der Waals surface area contributed by atoms with Crippen LogP contribution >= 0.6 is 0 Å². The summed E-state index contributed by atoms with van der Waals surface area (Å²) in [5.41, 5.74) is 4.56. The minimum atomic E-state index is -0.378. The first-order valence-corrected chi connectivity index (χ1v) is 10.5. The predicted molar refractivity (Wildman–Crippen MR) is 119 cm³/mol. The molecule has 0 spiro atoms. The first-order chi connectivity index (χ1) is 15.1. The Kier molecular flexibility index (Phi) is 5.13. The lowest BCUT2D eigenvalue weighted by Gasteiger charge is -2.26. The van der Waals surface area contributed by atoms with Crippen molar-refractivity contribution in [1.29, 1.82) is 0 Å². The van der Waals surface area contributed by atoms with E-state index in [4.69, 9.17) is 4.74 Å². The maximum absolute atomic E-state index is 13.2. The van der Waals surface area contributed by atoms with E-state index in [0.717, 1.165) is 60.6 Å². The number of pyridine rings is 1. The van der Waals surface area contributed by atoms with Gasteiger partial charge < -0.3 is 14.5 Å². The average molecular weight is 416 g/mol. The van der Waals surface area contributed by atoms with Gasteiger partial charge in [-0.05, 0) is 30.2 Å². The SMILES string of the molecule is Cc1ccc(CNC(=O)c2cn3cnc4cc(CN5CCOCC5)cc(c2=O)c43)cc1. The van der Waals surface area contributed by atoms with E-state index in [1.807, 2.05) is 43.3 Å². The van der Waals surface area contributed by atoms with Crippen molar-refractivity contribution in [1.82, 2.24) is 19.6 Å². The number of amides is 1. The predicted octanol–water partition coefficient (Wildman–Crippen LogP) is 2.36. The fraction of sp³-hybridized carbons (Fsp3) is 0.292. The molecular formula is C24H24N4O3. The van der Waals surface area contributed by atoms with E-state index in [1.54, 1.807) is 16.9 Å². The number of aryl methyl sites for hydroxylation is 1. The van der Waals surface area contributed by atoms with Crippen molar-refractivity contribution in [3.63, 3.8) is 0 Å². The first-order valence-electron chi connectivity index (χ1n) is 10.5. The molecule has 1 fully saturated rings. The largest absolute Gasteiger partial charge is 0.379 e. The molecule has 0 unspecified atom stereocenters. The van der Waals surface area contributed by atoms with E-state index in [9.17, 15) is 9.59 Å². The third kappa shape index (κ3) is 3.89. The van der Waals surface area contributed by atoms with Gasteiger partial charge in [0.15, 0.2) is 0 Å². The van der Waals surface area contributed by atoms with Gasteiger partial charge in [-0.25, -0.2) is 4.98 Å². The van der Waals surface area contributed by atoms with Crippen LogP contribution in [0, 0.1) is 6.92 Å². The normalized spacial score (nSPS) is 15.0. The quantitative estimate of drug-likeness (QED) is 0.541. The summed E-state index contributed by atoms with van der Waals surface area (Å²) in [6.45, 7) is 6.28. The maximum atomic E-state index is 13.2. The Balaban J connectivity index is 1.46. The second kappa shape index (κ2) is 8.09. The number of carbonyl (C=O) groups excluding carboxylic acids is 1. The molecule has 0 aliphatic carbocycles. The Hall–Kier alpha value is -3.29. The van der Waals surface area contributed by atoms with Gasteiger partial charge in [0.05, 0.1) is 30.6 Å². The van der Waals surface area contributed by atoms with Crippen LogP contribution in [0.2, 0.25) is 0 Å². The fourth-order valence-electron chi connectivity index (χ4n) is 4.10. The van der Waals surface area contributed by atoms with Crippen LogP contribution in [-0.2, 0) is 17.8 Å². The molecule has 7 nitrogen and oxygen atoms in total. The minimum absolute atomic E-state index is 0.127. The summed E-state index contributed by atoms with van der Waals surface area (Å²) in [6.07, 6.45) is 3.24. The number of benzene rings is 2. The van der Waals surface area contributed by atoms with Crippen LogP contribution in [0.5, 0.6) is 0 Å². The van der Waals surface area contributed by atoms with Crippen molar-refractivity contribution in [2.45, 2.75) is 20.0 Å². The standard InChI is InChI=1S/C24H24N4O3/c1-16-2-4-17(5-3-16)12-25-24(30)20-14-28-15-26-21-11-18(10-19(22(21)28)23(20)29)13-27-6-8-31-9-7-27/h2-5,10-11,14-15H,6-9,12-13H2,1H3,(H,25,30). The molecule has 1 saturated heterocycles. The number of aromatic nitrogens is 2. The molecule has 31 heavy (non-hydrogen) atoms. The summed E-state index contributed by atoms with van der Waals surface area (Å²) >= 11 is 0. The van der Waals surface area contributed by atoms with Crippen LogP contribution in [-0.4, -0.2) is 46.5 Å². The Labute approximate surface area is 179 Å². The van der Waals surface area contributed by atoms with Gasteiger partial charge >= 0.3 is 0 Å². The highest BCUT2D eigenvalue weighted by molar-refractivity contribution is 6.01. The van der Waals surface area contributed by atoms with Crippen molar-refractivity contribution < 1.29 is 9.53 Å². The fourth-order valence-corrected chi connectivity index (χ4v) is 4.10. The average Bonchev–Trinajstić information content (AvgIpc) is 3.19. The third-order valence-electron chi connectivity index (χ3n) is 5.81. The van der Waals surface area contributed by atoms with Crippen molar-refractivity contribution >= 4 is 22.3 Å². The molecule has 2 aromatic heterocycles. The van der Waals surface area contributed by atoms with Crippen LogP contribution in [0.4, 0.5) is 0 Å². The molecule has 3 heterocycles. The van der Waals surface area contributed by atoms with Crippen LogP contribution < -0.4 is 10.7 Å². The molecule has 2 aromatic carbocycles. The zero-order chi connectivity index (χ0) is 21.4. The molecule has 1 aliphatic rings. The Morgan fingerprint density at radius 2 is 1.90 bits per heavy atom. The zero-order valence-corrected chi connectivity index (χ0v) is 17.4. The van der Waals surface area contributed by atoms with Crippen molar-refractivity contribution in [3.8, 4) is 0 Å².